The first-order valence-corrected chi connectivity index (χ1v) is 4.93. The van der Waals surface area contributed by atoms with E-state index in [1.807, 2.05) is 0 Å². The zero-order chi connectivity index (χ0) is 6.53. The van der Waals surface area contributed by atoms with Crippen molar-refractivity contribution in [3.8, 4) is 0 Å². The Balaban J connectivity index is 2.08. The number of hydrogen-bond donors (Lipinski definition) is 0. The standard InChI is InChI=1S/C6H14O2Si/c1-7-9-6-4-2-3-5-8-6/h6H,2-5,9H2,1H3. The lowest BCUT2D eigenvalue weighted by atomic mass is 10.2. The lowest BCUT2D eigenvalue weighted by molar-refractivity contribution is 0.0572. The Morgan fingerprint density at radius 2 is 2.44 bits per heavy atom. The molecule has 1 aliphatic heterocycles. The van der Waals surface area contributed by atoms with Crippen LogP contribution in [0.3, 0.4) is 0 Å². The minimum Gasteiger partial charge on any atom is -0.424 e. The number of ether oxygens (including phenoxy) is 1. The molecule has 1 rings (SSSR count). The molecule has 0 radical (unpaired) electrons. The molecule has 0 aliphatic carbocycles. The van der Waals surface area contributed by atoms with Crippen LogP contribution in [-0.2, 0) is 9.16 Å². The highest BCUT2D eigenvalue weighted by Crippen LogP contribution is 2.10. The van der Waals surface area contributed by atoms with Crippen LogP contribution in [0.5, 0.6) is 0 Å². The van der Waals surface area contributed by atoms with Crippen molar-refractivity contribution in [1.82, 2.24) is 0 Å². The van der Waals surface area contributed by atoms with Crippen LogP contribution in [0.4, 0.5) is 0 Å². The van der Waals surface area contributed by atoms with Crippen LogP contribution in [-0.4, -0.2) is 29.2 Å². The van der Waals surface area contributed by atoms with Gasteiger partial charge in [0, 0.05) is 13.7 Å². The molecule has 2 nitrogen and oxygen atoms in total. The molecule has 0 spiro atoms. The van der Waals surface area contributed by atoms with Gasteiger partial charge in [0.25, 0.3) is 0 Å². The summed E-state index contributed by atoms with van der Waals surface area (Å²) in [6, 6.07) is 0. The lowest BCUT2D eigenvalue weighted by Gasteiger charge is -2.20. The predicted octanol–water partition coefficient (Wildman–Crippen LogP) is 0.243. The highest BCUT2D eigenvalue weighted by molar-refractivity contribution is 6.29. The van der Waals surface area contributed by atoms with Gasteiger partial charge in [-0.15, -0.1) is 0 Å². The second-order valence-electron chi connectivity index (χ2n) is 2.44. The van der Waals surface area contributed by atoms with Crippen LogP contribution in [0.1, 0.15) is 19.3 Å². The van der Waals surface area contributed by atoms with Gasteiger partial charge in [-0.1, -0.05) is 0 Å². The largest absolute Gasteiger partial charge is 0.424 e. The fourth-order valence-electron chi connectivity index (χ4n) is 1.12. The normalized spacial score (nSPS) is 29.7. The van der Waals surface area contributed by atoms with E-state index in [1.165, 1.54) is 19.3 Å². The van der Waals surface area contributed by atoms with Crippen molar-refractivity contribution in [2.45, 2.75) is 25.0 Å². The van der Waals surface area contributed by atoms with Crippen molar-refractivity contribution >= 4 is 9.76 Å². The van der Waals surface area contributed by atoms with Crippen LogP contribution in [0.2, 0.25) is 0 Å². The Labute approximate surface area is 58.5 Å². The fraction of sp³-hybridized carbons (Fsp3) is 1.00. The molecule has 1 heterocycles. The summed E-state index contributed by atoms with van der Waals surface area (Å²) in [6.07, 6.45) is 3.82. The molecule has 9 heavy (non-hydrogen) atoms. The molecule has 1 aliphatic rings. The average molecular weight is 146 g/mol. The van der Waals surface area contributed by atoms with E-state index in [2.05, 4.69) is 0 Å². The van der Waals surface area contributed by atoms with E-state index in [9.17, 15) is 0 Å². The molecule has 1 atom stereocenters. The van der Waals surface area contributed by atoms with Crippen molar-refractivity contribution in [2.24, 2.45) is 0 Å². The van der Waals surface area contributed by atoms with Crippen molar-refractivity contribution in [2.75, 3.05) is 13.7 Å². The zero-order valence-corrected chi connectivity index (χ0v) is 7.34. The molecule has 0 aromatic rings. The van der Waals surface area contributed by atoms with Gasteiger partial charge in [0.05, 0.1) is 5.73 Å². The molecule has 3 heteroatoms. The summed E-state index contributed by atoms with van der Waals surface area (Å²) >= 11 is 0. The quantitative estimate of drug-likeness (QED) is 0.520. The van der Waals surface area contributed by atoms with E-state index in [0.717, 1.165) is 6.61 Å². The molecule has 0 saturated carbocycles. The summed E-state index contributed by atoms with van der Waals surface area (Å²) in [6.45, 7) is 0.959. The minimum atomic E-state index is -0.346. The molecule has 1 fully saturated rings. The lowest BCUT2D eigenvalue weighted by Crippen LogP contribution is -2.26. The summed E-state index contributed by atoms with van der Waals surface area (Å²) < 4.78 is 10.6. The molecule has 1 unspecified atom stereocenters. The average Bonchev–Trinajstić information content (AvgIpc) is 1.91. The van der Waals surface area contributed by atoms with Gasteiger partial charge in [-0.3, -0.25) is 0 Å². The van der Waals surface area contributed by atoms with Crippen molar-refractivity contribution < 1.29 is 9.16 Å². The monoisotopic (exact) mass is 146 g/mol. The van der Waals surface area contributed by atoms with Crippen LogP contribution in [0.15, 0.2) is 0 Å². The summed E-state index contributed by atoms with van der Waals surface area (Å²) in [5, 5.41) is 0. The Hall–Kier alpha value is 0.137. The van der Waals surface area contributed by atoms with Gasteiger partial charge >= 0.3 is 0 Å². The second-order valence-corrected chi connectivity index (χ2v) is 4.27. The van der Waals surface area contributed by atoms with Crippen LogP contribution < -0.4 is 0 Å². The predicted molar refractivity (Wildman–Crippen MR) is 39.1 cm³/mol. The Morgan fingerprint density at radius 3 is 3.00 bits per heavy atom. The van der Waals surface area contributed by atoms with Gasteiger partial charge in [-0.2, -0.15) is 0 Å². The Morgan fingerprint density at radius 1 is 1.56 bits per heavy atom. The van der Waals surface area contributed by atoms with Crippen LogP contribution in [0, 0.1) is 0 Å². The van der Waals surface area contributed by atoms with Crippen LogP contribution >= 0.6 is 0 Å². The third kappa shape index (κ3) is 2.47. The molecule has 0 aromatic heterocycles. The van der Waals surface area contributed by atoms with E-state index in [4.69, 9.17) is 9.16 Å². The summed E-state index contributed by atoms with van der Waals surface area (Å²) in [7, 11) is 1.44. The Kier molecular flexibility index (Phi) is 3.25. The topological polar surface area (TPSA) is 18.5 Å². The molecular weight excluding hydrogens is 132 g/mol. The summed E-state index contributed by atoms with van der Waals surface area (Å²) in [5.74, 6) is 0. The molecule has 0 bridgehead atoms. The number of rotatable bonds is 2. The van der Waals surface area contributed by atoms with Gasteiger partial charge in [0.1, 0.15) is 0 Å². The van der Waals surface area contributed by atoms with Gasteiger partial charge in [-0.25, -0.2) is 0 Å². The maximum Gasteiger partial charge on any atom is 0.189 e. The van der Waals surface area contributed by atoms with E-state index >= 15 is 0 Å². The molecule has 0 N–H and O–H groups in total. The highest BCUT2D eigenvalue weighted by Gasteiger charge is 2.13. The second kappa shape index (κ2) is 4.03. The minimum absolute atomic E-state index is 0.346. The molecule has 0 aromatic carbocycles. The first-order valence-electron chi connectivity index (χ1n) is 3.54. The first kappa shape index (κ1) is 7.25. The fourth-order valence-corrected chi connectivity index (χ4v) is 2.21. The zero-order valence-electron chi connectivity index (χ0n) is 5.93. The maximum atomic E-state index is 5.46. The van der Waals surface area contributed by atoms with E-state index in [-0.39, 0.29) is 9.76 Å². The maximum absolute atomic E-state index is 5.46. The first-order chi connectivity index (χ1) is 4.43. The van der Waals surface area contributed by atoms with E-state index in [1.54, 1.807) is 7.11 Å². The van der Waals surface area contributed by atoms with Gasteiger partial charge in [-0.05, 0) is 19.3 Å². The van der Waals surface area contributed by atoms with Crippen molar-refractivity contribution in [3.05, 3.63) is 0 Å². The smallest absolute Gasteiger partial charge is 0.189 e. The van der Waals surface area contributed by atoms with E-state index < -0.39 is 0 Å². The third-order valence-electron chi connectivity index (χ3n) is 1.63. The van der Waals surface area contributed by atoms with Crippen molar-refractivity contribution in [1.29, 1.82) is 0 Å². The Bertz CT molecular complexity index is 68.7. The van der Waals surface area contributed by atoms with Crippen molar-refractivity contribution in [3.63, 3.8) is 0 Å². The van der Waals surface area contributed by atoms with Gasteiger partial charge < -0.3 is 9.16 Å². The number of hydrogen-bond acceptors (Lipinski definition) is 2. The molecule has 54 valence electrons. The SMILES string of the molecule is CO[SiH2]C1CCCCO1. The molecular formula is C6H14O2Si. The molecule has 0 amide bonds. The van der Waals surface area contributed by atoms with Gasteiger partial charge in [0.2, 0.25) is 0 Å². The summed E-state index contributed by atoms with van der Waals surface area (Å²) in [5.41, 5.74) is 0.517. The van der Waals surface area contributed by atoms with Gasteiger partial charge in [0.15, 0.2) is 9.76 Å². The van der Waals surface area contributed by atoms with Crippen LogP contribution in [0.25, 0.3) is 0 Å². The summed E-state index contributed by atoms with van der Waals surface area (Å²) in [4.78, 5) is 0. The molecule has 1 saturated heterocycles. The van der Waals surface area contributed by atoms with E-state index in [0.29, 0.717) is 5.73 Å². The highest BCUT2D eigenvalue weighted by atomic mass is 28.2. The third-order valence-corrected chi connectivity index (χ3v) is 2.98.